The fourth-order valence-corrected chi connectivity index (χ4v) is 1.68. The number of urea groups is 1. The van der Waals surface area contributed by atoms with Gasteiger partial charge in [0.15, 0.2) is 0 Å². The van der Waals surface area contributed by atoms with E-state index >= 15 is 0 Å². The van der Waals surface area contributed by atoms with Gasteiger partial charge in [-0.1, -0.05) is 43.7 Å². The smallest absolute Gasteiger partial charge is 0.321 e. The summed E-state index contributed by atoms with van der Waals surface area (Å²) >= 11 is 0. The number of hydrogen-bond acceptors (Lipinski definition) is 3. The molecule has 0 unspecified atom stereocenters. The SMILES string of the molecule is CCCCN[C@H](C(=O)NC(=O)NC)c1ccccc1. The molecule has 1 aromatic rings. The Balaban J connectivity index is 2.74. The molecule has 0 aliphatic rings. The molecule has 0 saturated heterocycles. The molecular weight excluding hydrogens is 242 g/mol. The number of amides is 3. The molecule has 0 radical (unpaired) electrons. The third kappa shape index (κ3) is 5.09. The van der Waals surface area contributed by atoms with Crippen molar-refractivity contribution in [2.24, 2.45) is 0 Å². The summed E-state index contributed by atoms with van der Waals surface area (Å²) in [6.45, 7) is 2.82. The lowest BCUT2D eigenvalue weighted by Crippen LogP contribution is -2.44. The maximum Gasteiger partial charge on any atom is 0.321 e. The fourth-order valence-electron chi connectivity index (χ4n) is 1.68. The van der Waals surface area contributed by atoms with Gasteiger partial charge in [-0.3, -0.25) is 10.1 Å². The van der Waals surface area contributed by atoms with Crippen LogP contribution >= 0.6 is 0 Å². The molecule has 0 heterocycles. The van der Waals surface area contributed by atoms with Gasteiger partial charge in [-0.15, -0.1) is 0 Å². The van der Waals surface area contributed by atoms with Crippen molar-refractivity contribution in [3.8, 4) is 0 Å². The van der Waals surface area contributed by atoms with Gasteiger partial charge in [0.1, 0.15) is 6.04 Å². The molecule has 0 spiro atoms. The molecule has 0 fully saturated rings. The van der Waals surface area contributed by atoms with E-state index in [2.05, 4.69) is 22.9 Å². The summed E-state index contributed by atoms with van der Waals surface area (Å²) in [4.78, 5) is 23.3. The first-order chi connectivity index (χ1) is 9.19. The maximum absolute atomic E-state index is 12.1. The summed E-state index contributed by atoms with van der Waals surface area (Å²) in [6, 6.07) is 8.37. The fraction of sp³-hybridized carbons (Fsp3) is 0.429. The Morgan fingerprint density at radius 3 is 2.47 bits per heavy atom. The summed E-state index contributed by atoms with van der Waals surface area (Å²) < 4.78 is 0. The summed E-state index contributed by atoms with van der Waals surface area (Å²) in [6.07, 6.45) is 2.03. The van der Waals surface area contributed by atoms with Gasteiger partial charge in [-0.2, -0.15) is 0 Å². The van der Waals surface area contributed by atoms with E-state index in [9.17, 15) is 9.59 Å². The van der Waals surface area contributed by atoms with Gasteiger partial charge in [0.2, 0.25) is 5.91 Å². The number of benzene rings is 1. The average molecular weight is 263 g/mol. The minimum atomic E-state index is -0.509. The van der Waals surface area contributed by atoms with Crippen molar-refractivity contribution in [1.29, 1.82) is 0 Å². The third-order valence-electron chi connectivity index (χ3n) is 2.74. The van der Waals surface area contributed by atoms with E-state index in [1.807, 2.05) is 30.3 Å². The van der Waals surface area contributed by atoms with Crippen LogP contribution in [0.15, 0.2) is 30.3 Å². The highest BCUT2D eigenvalue weighted by molar-refractivity contribution is 5.97. The Kier molecular flexibility index (Phi) is 6.60. The molecule has 0 aromatic heterocycles. The number of rotatable bonds is 6. The van der Waals surface area contributed by atoms with E-state index in [0.717, 1.165) is 24.9 Å². The summed E-state index contributed by atoms with van der Waals surface area (Å²) in [5, 5.41) is 7.85. The highest BCUT2D eigenvalue weighted by Gasteiger charge is 2.20. The predicted molar refractivity (Wildman–Crippen MR) is 74.7 cm³/mol. The van der Waals surface area contributed by atoms with Crippen molar-refractivity contribution < 1.29 is 9.59 Å². The number of unbranched alkanes of at least 4 members (excludes halogenated alkanes) is 1. The highest BCUT2D eigenvalue weighted by atomic mass is 16.2. The second kappa shape index (κ2) is 8.26. The molecule has 1 rings (SSSR count). The van der Waals surface area contributed by atoms with E-state index in [1.54, 1.807) is 0 Å². The third-order valence-corrected chi connectivity index (χ3v) is 2.74. The van der Waals surface area contributed by atoms with Gasteiger partial charge in [-0.05, 0) is 18.5 Å². The molecule has 0 aliphatic heterocycles. The molecular formula is C14H21N3O2. The van der Waals surface area contributed by atoms with Crippen molar-refractivity contribution >= 4 is 11.9 Å². The summed E-state index contributed by atoms with van der Waals surface area (Å²) in [5.74, 6) is -0.346. The minimum Gasteiger partial charge on any atom is -0.341 e. The van der Waals surface area contributed by atoms with Crippen LogP contribution in [0, 0.1) is 0 Å². The molecule has 0 saturated carbocycles. The van der Waals surface area contributed by atoms with Crippen LogP contribution in [-0.2, 0) is 4.79 Å². The Morgan fingerprint density at radius 1 is 1.21 bits per heavy atom. The van der Waals surface area contributed by atoms with E-state index in [4.69, 9.17) is 0 Å². The van der Waals surface area contributed by atoms with Gasteiger partial charge in [-0.25, -0.2) is 4.79 Å². The zero-order valence-corrected chi connectivity index (χ0v) is 11.4. The molecule has 19 heavy (non-hydrogen) atoms. The number of imide groups is 1. The first-order valence-electron chi connectivity index (χ1n) is 6.50. The van der Waals surface area contributed by atoms with Gasteiger partial charge in [0.05, 0.1) is 0 Å². The normalized spacial score (nSPS) is 11.7. The first kappa shape index (κ1) is 15.2. The molecule has 5 heteroatoms. The van der Waals surface area contributed by atoms with Gasteiger partial charge in [0.25, 0.3) is 0 Å². The van der Waals surface area contributed by atoms with Gasteiger partial charge in [0, 0.05) is 7.05 Å². The van der Waals surface area contributed by atoms with Crippen LogP contribution in [0.4, 0.5) is 4.79 Å². The van der Waals surface area contributed by atoms with Gasteiger partial charge >= 0.3 is 6.03 Å². The van der Waals surface area contributed by atoms with Crippen LogP contribution in [0.25, 0.3) is 0 Å². The lowest BCUT2D eigenvalue weighted by Gasteiger charge is -2.18. The van der Waals surface area contributed by atoms with Crippen molar-refractivity contribution in [3.63, 3.8) is 0 Å². The number of nitrogens with one attached hydrogen (secondary N) is 3. The zero-order chi connectivity index (χ0) is 14.1. The summed E-state index contributed by atoms with van der Waals surface area (Å²) in [5.41, 5.74) is 0.847. The van der Waals surface area contributed by atoms with Crippen LogP contribution in [-0.4, -0.2) is 25.5 Å². The van der Waals surface area contributed by atoms with E-state index < -0.39 is 12.1 Å². The largest absolute Gasteiger partial charge is 0.341 e. The zero-order valence-electron chi connectivity index (χ0n) is 11.4. The van der Waals surface area contributed by atoms with Crippen molar-refractivity contribution in [1.82, 2.24) is 16.0 Å². The topological polar surface area (TPSA) is 70.2 Å². The highest BCUT2D eigenvalue weighted by Crippen LogP contribution is 2.12. The quantitative estimate of drug-likeness (QED) is 0.682. The van der Waals surface area contributed by atoms with Gasteiger partial charge < -0.3 is 10.6 Å². The Hall–Kier alpha value is -1.88. The van der Waals surface area contributed by atoms with Crippen LogP contribution in [0.3, 0.4) is 0 Å². The minimum absolute atomic E-state index is 0.346. The lowest BCUT2D eigenvalue weighted by molar-refractivity contribution is -0.122. The molecule has 5 nitrogen and oxygen atoms in total. The Bertz CT molecular complexity index is 406. The Morgan fingerprint density at radius 2 is 1.89 bits per heavy atom. The van der Waals surface area contributed by atoms with E-state index in [1.165, 1.54) is 7.05 Å². The average Bonchev–Trinajstić information content (AvgIpc) is 2.44. The van der Waals surface area contributed by atoms with Crippen LogP contribution in [0.2, 0.25) is 0 Å². The van der Waals surface area contributed by atoms with Crippen LogP contribution in [0.5, 0.6) is 0 Å². The number of hydrogen-bond donors (Lipinski definition) is 3. The molecule has 104 valence electrons. The monoisotopic (exact) mass is 263 g/mol. The first-order valence-corrected chi connectivity index (χ1v) is 6.50. The van der Waals surface area contributed by atoms with E-state index in [0.29, 0.717) is 0 Å². The summed E-state index contributed by atoms with van der Waals surface area (Å²) in [7, 11) is 1.48. The molecule has 1 aromatic carbocycles. The van der Waals surface area contributed by atoms with E-state index in [-0.39, 0.29) is 5.91 Å². The second-order valence-electron chi connectivity index (χ2n) is 4.22. The van der Waals surface area contributed by atoms with Crippen molar-refractivity contribution in [3.05, 3.63) is 35.9 Å². The number of carbonyl (C=O) groups excluding carboxylic acids is 2. The standard InChI is InChI=1S/C14H21N3O2/c1-3-4-10-16-12(11-8-6-5-7-9-11)13(18)17-14(19)15-2/h5-9,12,16H,3-4,10H2,1-2H3,(H2,15,17,18,19)/t12-/m0/s1. The Labute approximate surface area is 113 Å². The molecule has 3 N–H and O–H groups in total. The molecule has 1 atom stereocenters. The number of carbonyl (C=O) groups is 2. The van der Waals surface area contributed by atoms with Crippen LogP contribution in [0.1, 0.15) is 31.4 Å². The maximum atomic E-state index is 12.1. The molecule has 0 bridgehead atoms. The second-order valence-corrected chi connectivity index (χ2v) is 4.22. The van der Waals surface area contributed by atoms with Crippen molar-refractivity contribution in [2.45, 2.75) is 25.8 Å². The molecule has 3 amide bonds. The molecule has 0 aliphatic carbocycles. The van der Waals surface area contributed by atoms with Crippen LogP contribution < -0.4 is 16.0 Å². The van der Waals surface area contributed by atoms with Crippen molar-refractivity contribution in [2.75, 3.05) is 13.6 Å². The predicted octanol–water partition coefficient (Wildman–Crippen LogP) is 1.57. The lowest BCUT2D eigenvalue weighted by atomic mass is 10.1.